The van der Waals surface area contributed by atoms with Crippen molar-refractivity contribution in [3.63, 3.8) is 0 Å². The van der Waals surface area contributed by atoms with Crippen molar-refractivity contribution in [2.45, 2.75) is 26.5 Å². The highest BCUT2D eigenvalue weighted by Gasteiger charge is 2.07. The van der Waals surface area contributed by atoms with Crippen LogP contribution in [-0.2, 0) is 11.3 Å². The van der Waals surface area contributed by atoms with Gasteiger partial charge in [-0.15, -0.1) is 0 Å². The number of carbonyl (C=O) groups is 1. The van der Waals surface area contributed by atoms with Gasteiger partial charge in [0.1, 0.15) is 6.61 Å². The second-order valence-electron chi connectivity index (χ2n) is 3.52. The maximum absolute atomic E-state index is 11.6. The van der Waals surface area contributed by atoms with Gasteiger partial charge in [0.25, 0.3) is 0 Å². The molecule has 0 aromatic carbocycles. The van der Waals surface area contributed by atoms with E-state index in [-0.39, 0.29) is 18.5 Å². The molecular weight excluding hydrogens is 192 g/mol. The van der Waals surface area contributed by atoms with Crippen molar-refractivity contribution >= 4 is 5.78 Å². The summed E-state index contributed by atoms with van der Waals surface area (Å²) in [4.78, 5) is 15.6. The predicted molar refractivity (Wildman–Crippen MR) is 57.5 cm³/mol. The van der Waals surface area contributed by atoms with Crippen molar-refractivity contribution in [2.75, 3.05) is 6.61 Å². The van der Waals surface area contributed by atoms with Gasteiger partial charge in [0.05, 0.1) is 11.8 Å². The molecule has 0 saturated heterocycles. The van der Waals surface area contributed by atoms with E-state index >= 15 is 0 Å². The Balaban J connectivity index is 2.65. The maximum Gasteiger partial charge on any atom is 0.188 e. The van der Waals surface area contributed by atoms with Gasteiger partial charge in [-0.25, -0.2) is 0 Å². The molecule has 0 unspecified atom stereocenters. The summed E-state index contributed by atoms with van der Waals surface area (Å²) in [5, 5.41) is 0. The number of hydrogen-bond acceptors (Lipinski definition) is 4. The lowest BCUT2D eigenvalue weighted by molar-refractivity contribution is 0.0584. The van der Waals surface area contributed by atoms with Crippen LogP contribution in [0, 0.1) is 0 Å². The molecule has 1 aromatic heterocycles. The van der Waals surface area contributed by atoms with Gasteiger partial charge in [-0.1, -0.05) is 0 Å². The molecule has 82 valence electrons. The number of aromatic nitrogens is 1. The number of hydrogen-bond donors (Lipinski definition) is 1. The standard InChI is InChI=1S/C11H16N2O2/c1-8(2)15-7-11(14)9-3-4-13-10(5-9)6-12/h3-5,8H,6-7,12H2,1-2H3. The molecule has 1 rings (SSSR count). The first-order chi connectivity index (χ1) is 7.13. The van der Waals surface area contributed by atoms with Crippen LogP contribution in [0.1, 0.15) is 29.9 Å². The van der Waals surface area contributed by atoms with Crippen LogP contribution in [0.25, 0.3) is 0 Å². The molecule has 0 radical (unpaired) electrons. The normalized spacial score (nSPS) is 10.7. The Labute approximate surface area is 89.5 Å². The van der Waals surface area contributed by atoms with E-state index in [0.29, 0.717) is 17.8 Å². The van der Waals surface area contributed by atoms with Crippen LogP contribution in [0.2, 0.25) is 0 Å². The monoisotopic (exact) mass is 208 g/mol. The van der Waals surface area contributed by atoms with Crippen molar-refractivity contribution in [3.05, 3.63) is 29.6 Å². The molecule has 0 atom stereocenters. The van der Waals surface area contributed by atoms with Crippen LogP contribution in [-0.4, -0.2) is 23.5 Å². The molecule has 0 saturated carbocycles. The summed E-state index contributed by atoms with van der Waals surface area (Å²) in [6.07, 6.45) is 1.65. The molecule has 4 heteroatoms. The van der Waals surface area contributed by atoms with Crippen LogP contribution in [0.5, 0.6) is 0 Å². The SMILES string of the molecule is CC(C)OCC(=O)c1ccnc(CN)c1. The molecule has 0 spiro atoms. The number of nitrogens with zero attached hydrogens (tertiary/aromatic N) is 1. The van der Waals surface area contributed by atoms with Crippen LogP contribution in [0.15, 0.2) is 18.3 Å². The minimum absolute atomic E-state index is 0.0409. The predicted octanol–water partition coefficient (Wildman–Crippen LogP) is 1.15. The number of Topliss-reactive ketones (excluding diaryl/α,β-unsaturated/α-hetero) is 1. The van der Waals surface area contributed by atoms with E-state index in [1.54, 1.807) is 18.3 Å². The summed E-state index contributed by atoms with van der Waals surface area (Å²) >= 11 is 0. The summed E-state index contributed by atoms with van der Waals surface area (Å²) in [7, 11) is 0. The fourth-order valence-corrected chi connectivity index (χ4v) is 1.09. The number of carbonyl (C=O) groups excluding carboxylic acids is 1. The molecule has 0 bridgehead atoms. The molecule has 0 aliphatic carbocycles. The number of rotatable bonds is 5. The van der Waals surface area contributed by atoms with E-state index in [2.05, 4.69) is 4.98 Å². The van der Waals surface area contributed by atoms with Gasteiger partial charge in [-0.3, -0.25) is 9.78 Å². The molecule has 4 nitrogen and oxygen atoms in total. The van der Waals surface area contributed by atoms with Gasteiger partial charge < -0.3 is 10.5 Å². The van der Waals surface area contributed by atoms with Crippen molar-refractivity contribution in [1.82, 2.24) is 4.98 Å². The number of pyridine rings is 1. The van der Waals surface area contributed by atoms with E-state index in [1.165, 1.54) is 0 Å². The number of ketones is 1. The van der Waals surface area contributed by atoms with Crippen molar-refractivity contribution in [2.24, 2.45) is 5.73 Å². The average molecular weight is 208 g/mol. The Bertz CT molecular complexity index is 337. The first-order valence-electron chi connectivity index (χ1n) is 4.93. The van der Waals surface area contributed by atoms with E-state index in [9.17, 15) is 4.79 Å². The van der Waals surface area contributed by atoms with Gasteiger partial charge in [0.15, 0.2) is 5.78 Å². The average Bonchev–Trinajstić information content (AvgIpc) is 2.26. The third-order valence-corrected chi connectivity index (χ3v) is 1.90. The summed E-state index contributed by atoms with van der Waals surface area (Å²) < 4.78 is 5.23. The quantitative estimate of drug-likeness (QED) is 0.737. The molecule has 1 heterocycles. The van der Waals surface area contributed by atoms with Gasteiger partial charge in [-0.2, -0.15) is 0 Å². The first kappa shape index (κ1) is 11.8. The van der Waals surface area contributed by atoms with Crippen molar-refractivity contribution in [3.8, 4) is 0 Å². The van der Waals surface area contributed by atoms with Crippen LogP contribution >= 0.6 is 0 Å². The molecule has 0 fully saturated rings. The summed E-state index contributed by atoms with van der Waals surface area (Å²) in [6.45, 7) is 4.23. The molecule has 1 aromatic rings. The van der Waals surface area contributed by atoms with Gasteiger partial charge in [-0.05, 0) is 26.0 Å². The number of ether oxygens (including phenoxy) is 1. The molecule has 15 heavy (non-hydrogen) atoms. The Morgan fingerprint density at radius 3 is 2.93 bits per heavy atom. The van der Waals surface area contributed by atoms with Crippen LogP contribution < -0.4 is 5.73 Å². The van der Waals surface area contributed by atoms with E-state index < -0.39 is 0 Å². The van der Waals surface area contributed by atoms with Crippen LogP contribution in [0.3, 0.4) is 0 Å². The minimum Gasteiger partial charge on any atom is -0.371 e. The minimum atomic E-state index is -0.0409. The number of nitrogens with two attached hydrogens (primary N) is 1. The lowest BCUT2D eigenvalue weighted by Crippen LogP contribution is -2.14. The van der Waals surface area contributed by atoms with E-state index in [0.717, 1.165) is 0 Å². The molecule has 2 N–H and O–H groups in total. The molecular formula is C11H16N2O2. The van der Waals surface area contributed by atoms with E-state index in [1.807, 2.05) is 13.8 Å². The zero-order valence-electron chi connectivity index (χ0n) is 9.06. The lowest BCUT2D eigenvalue weighted by atomic mass is 10.1. The Morgan fingerprint density at radius 2 is 2.33 bits per heavy atom. The molecule has 0 aliphatic rings. The third-order valence-electron chi connectivity index (χ3n) is 1.90. The largest absolute Gasteiger partial charge is 0.371 e. The third kappa shape index (κ3) is 3.77. The smallest absolute Gasteiger partial charge is 0.188 e. The maximum atomic E-state index is 11.6. The summed E-state index contributed by atoms with van der Waals surface area (Å²) in [5.41, 5.74) is 6.75. The topological polar surface area (TPSA) is 65.2 Å². The zero-order valence-corrected chi connectivity index (χ0v) is 9.06. The highest BCUT2D eigenvalue weighted by molar-refractivity contribution is 5.97. The molecule has 0 aliphatic heterocycles. The fraction of sp³-hybridized carbons (Fsp3) is 0.455. The highest BCUT2D eigenvalue weighted by atomic mass is 16.5. The summed E-state index contributed by atoms with van der Waals surface area (Å²) in [5.74, 6) is -0.0409. The second-order valence-corrected chi connectivity index (χ2v) is 3.52. The fourth-order valence-electron chi connectivity index (χ4n) is 1.09. The lowest BCUT2D eigenvalue weighted by Gasteiger charge is -2.06. The van der Waals surface area contributed by atoms with E-state index in [4.69, 9.17) is 10.5 Å². The van der Waals surface area contributed by atoms with Gasteiger partial charge in [0.2, 0.25) is 0 Å². The highest BCUT2D eigenvalue weighted by Crippen LogP contribution is 2.03. The summed E-state index contributed by atoms with van der Waals surface area (Å²) in [6, 6.07) is 3.37. The van der Waals surface area contributed by atoms with Crippen molar-refractivity contribution in [1.29, 1.82) is 0 Å². The Kier molecular flexibility index (Phi) is 4.39. The van der Waals surface area contributed by atoms with Crippen LogP contribution in [0.4, 0.5) is 0 Å². The molecule has 0 amide bonds. The Hall–Kier alpha value is -1.26. The second kappa shape index (κ2) is 5.58. The van der Waals surface area contributed by atoms with Gasteiger partial charge >= 0.3 is 0 Å². The Morgan fingerprint density at radius 1 is 1.60 bits per heavy atom. The zero-order chi connectivity index (χ0) is 11.3. The van der Waals surface area contributed by atoms with Crippen molar-refractivity contribution < 1.29 is 9.53 Å². The van der Waals surface area contributed by atoms with Gasteiger partial charge in [0, 0.05) is 18.3 Å². The first-order valence-corrected chi connectivity index (χ1v) is 4.93.